The van der Waals surface area contributed by atoms with Crippen molar-refractivity contribution in [3.05, 3.63) is 53.6 Å². The van der Waals surface area contributed by atoms with Gasteiger partial charge in [0.15, 0.2) is 0 Å². The SMILES string of the molecule is CCCOc1ccc([C@H](CC(=O)O)NC(=O)c2cc(OC)cc(OC)c2)cc1. The Labute approximate surface area is 164 Å². The summed E-state index contributed by atoms with van der Waals surface area (Å²) in [5.41, 5.74) is 0.990. The van der Waals surface area contributed by atoms with Gasteiger partial charge in [-0.2, -0.15) is 0 Å². The number of ether oxygens (including phenoxy) is 3. The Bertz CT molecular complexity index is 781. The molecule has 0 aliphatic heterocycles. The number of carbonyl (C=O) groups is 2. The van der Waals surface area contributed by atoms with Crippen LogP contribution in [0.2, 0.25) is 0 Å². The predicted octanol–water partition coefficient (Wildman–Crippen LogP) is 3.44. The van der Waals surface area contributed by atoms with Gasteiger partial charge >= 0.3 is 5.97 Å². The number of nitrogens with one attached hydrogen (secondary N) is 1. The maximum atomic E-state index is 12.7. The first-order valence-corrected chi connectivity index (χ1v) is 8.95. The van der Waals surface area contributed by atoms with E-state index in [9.17, 15) is 14.7 Å². The summed E-state index contributed by atoms with van der Waals surface area (Å²) >= 11 is 0. The van der Waals surface area contributed by atoms with E-state index >= 15 is 0 Å². The van der Waals surface area contributed by atoms with E-state index in [0.717, 1.165) is 6.42 Å². The van der Waals surface area contributed by atoms with Crippen molar-refractivity contribution in [1.29, 1.82) is 0 Å². The zero-order chi connectivity index (χ0) is 20.5. The molecule has 0 aliphatic rings. The second-order valence-electron chi connectivity index (χ2n) is 6.14. The Morgan fingerprint density at radius 3 is 2.11 bits per heavy atom. The second kappa shape index (κ2) is 10.2. The molecule has 2 rings (SSSR count). The maximum absolute atomic E-state index is 12.7. The van der Waals surface area contributed by atoms with Crippen molar-refractivity contribution in [3.63, 3.8) is 0 Å². The molecule has 0 heterocycles. The highest BCUT2D eigenvalue weighted by atomic mass is 16.5. The van der Waals surface area contributed by atoms with E-state index in [1.165, 1.54) is 14.2 Å². The van der Waals surface area contributed by atoms with Crippen molar-refractivity contribution in [1.82, 2.24) is 5.32 Å². The van der Waals surface area contributed by atoms with Crippen LogP contribution in [0.1, 0.15) is 41.7 Å². The van der Waals surface area contributed by atoms with Crippen LogP contribution in [-0.2, 0) is 4.79 Å². The van der Waals surface area contributed by atoms with Gasteiger partial charge in [0.2, 0.25) is 0 Å². The normalized spacial score (nSPS) is 11.4. The lowest BCUT2D eigenvalue weighted by atomic mass is 10.0. The summed E-state index contributed by atoms with van der Waals surface area (Å²) in [7, 11) is 2.98. The van der Waals surface area contributed by atoms with E-state index < -0.39 is 17.9 Å². The largest absolute Gasteiger partial charge is 0.497 e. The van der Waals surface area contributed by atoms with E-state index in [1.807, 2.05) is 6.92 Å². The lowest BCUT2D eigenvalue weighted by Gasteiger charge is -2.18. The molecule has 1 atom stereocenters. The average Bonchev–Trinajstić information content (AvgIpc) is 2.71. The van der Waals surface area contributed by atoms with Gasteiger partial charge in [0, 0.05) is 11.6 Å². The molecule has 2 N–H and O–H groups in total. The summed E-state index contributed by atoms with van der Waals surface area (Å²) in [6, 6.07) is 11.1. The predicted molar refractivity (Wildman–Crippen MR) is 104 cm³/mol. The number of amides is 1. The van der Waals surface area contributed by atoms with Gasteiger partial charge in [0.05, 0.1) is 33.3 Å². The molecular weight excluding hydrogens is 362 g/mol. The van der Waals surface area contributed by atoms with Crippen LogP contribution in [0.15, 0.2) is 42.5 Å². The van der Waals surface area contributed by atoms with Crippen molar-refractivity contribution in [2.75, 3.05) is 20.8 Å². The minimum atomic E-state index is -1.01. The Balaban J connectivity index is 2.22. The third kappa shape index (κ3) is 5.90. The number of rotatable bonds is 10. The number of aliphatic carboxylic acids is 1. The molecule has 2 aromatic carbocycles. The molecular formula is C21H25NO6. The summed E-state index contributed by atoms with van der Waals surface area (Å²) < 4.78 is 15.9. The van der Waals surface area contributed by atoms with E-state index in [1.54, 1.807) is 42.5 Å². The van der Waals surface area contributed by atoms with Gasteiger partial charge in [0.25, 0.3) is 5.91 Å². The zero-order valence-corrected chi connectivity index (χ0v) is 16.2. The van der Waals surface area contributed by atoms with Gasteiger partial charge in [0.1, 0.15) is 17.2 Å². The third-order valence-corrected chi connectivity index (χ3v) is 4.05. The number of carboxylic acids is 1. The summed E-state index contributed by atoms with van der Waals surface area (Å²) in [4.78, 5) is 24.0. The molecule has 0 fully saturated rings. The zero-order valence-electron chi connectivity index (χ0n) is 16.2. The van der Waals surface area contributed by atoms with Crippen LogP contribution < -0.4 is 19.5 Å². The molecule has 0 spiro atoms. The second-order valence-corrected chi connectivity index (χ2v) is 6.14. The fourth-order valence-electron chi connectivity index (χ4n) is 2.62. The minimum Gasteiger partial charge on any atom is -0.497 e. The molecule has 2 aromatic rings. The number of methoxy groups -OCH3 is 2. The molecule has 150 valence electrons. The summed E-state index contributed by atoms with van der Waals surface area (Å²) in [6.07, 6.45) is 0.644. The molecule has 7 heteroatoms. The van der Waals surface area contributed by atoms with Crippen molar-refractivity contribution in [3.8, 4) is 17.2 Å². The Morgan fingerprint density at radius 1 is 1.00 bits per heavy atom. The molecule has 28 heavy (non-hydrogen) atoms. The highest BCUT2D eigenvalue weighted by Crippen LogP contribution is 2.25. The van der Waals surface area contributed by atoms with Gasteiger partial charge in [-0.1, -0.05) is 19.1 Å². The first-order valence-electron chi connectivity index (χ1n) is 8.95. The fraction of sp³-hybridized carbons (Fsp3) is 0.333. The first-order chi connectivity index (χ1) is 13.5. The summed E-state index contributed by atoms with van der Waals surface area (Å²) in [6.45, 7) is 2.62. The number of hydrogen-bond donors (Lipinski definition) is 2. The van der Waals surface area contributed by atoms with Crippen LogP contribution in [0.4, 0.5) is 0 Å². The highest BCUT2D eigenvalue weighted by molar-refractivity contribution is 5.95. The van der Waals surface area contributed by atoms with E-state index in [0.29, 0.717) is 35.0 Å². The Morgan fingerprint density at radius 2 is 1.61 bits per heavy atom. The van der Waals surface area contributed by atoms with Crippen LogP contribution >= 0.6 is 0 Å². The van der Waals surface area contributed by atoms with Gasteiger partial charge in [-0.3, -0.25) is 9.59 Å². The molecule has 0 saturated carbocycles. The van der Waals surface area contributed by atoms with Crippen LogP contribution in [0.25, 0.3) is 0 Å². The topological polar surface area (TPSA) is 94.1 Å². The van der Waals surface area contributed by atoms with Gasteiger partial charge in [-0.25, -0.2) is 0 Å². The van der Waals surface area contributed by atoms with Gasteiger partial charge in [-0.15, -0.1) is 0 Å². The van der Waals surface area contributed by atoms with Crippen molar-refractivity contribution in [2.45, 2.75) is 25.8 Å². The summed E-state index contributed by atoms with van der Waals surface area (Å²) in [5.74, 6) is 0.201. The molecule has 0 aromatic heterocycles. The van der Waals surface area contributed by atoms with Crippen LogP contribution in [-0.4, -0.2) is 37.8 Å². The van der Waals surface area contributed by atoms with Gasteiger partial charge in [-0.05, 0) is 36.2 Å². The molecule has 0 bridgehead atoms. The average molecular weight is 387 g/mol. The lowest BCUT2D eigenvalue weighted by molar-refractivity contribution is -0.137. The van der Waals surface area contributed by atoms with E-state index in [-0.39, 0.29) is 6.42 Å². The monoisotopic (exact) mass is 387 g/mol. The van der Waals surface area contributed by atoms with E-state index in [2.05, 4.69) is 5.32 Å². The molecule has 0 radical (unpaired) electrons. The molecule has 0 aliphatic carbocycles. The number of hydrogen-bond acceptors (Lipinski definition) is 5. The molecule has 0 saturated heterocycles. The van der Waals surface area contributed by atoms with Crippen LogP contribution in [0.5, 0.6) is 17.2 Å². The van der Waals surface area contributed by atoms with Crippen molar-refractivity contribution >= 4 is 11.9 Å². The fourth-order valence-corrected chi connectivity index (χ4v) is 2.62. The quantitative estimate of drug-likeness (QED) is 0.649. The minimum absolute atomic E-state index is 0.248. The molecule has 1 amide bonds. The molecule has 7 nitrogen and oxygen atoms in total. The van der Waals surface area contributed by atoms with Crippen molar-refractivity contribution in [2.24, 2.45) is 0 Å². The first kappa shape index (κ1) is 21.1. The van der Waals surface area contributed by atoms with E-state index in [4.69, 9.17) is 14.2 Å². The summed E-state index contributed by atoms with van der Waals surface area (Å²) in [5, 5.41) is 12.0. The third-order valence-electron chi connectivity index (χ3n) is 4.05. The van der Waals surface area contributed by atoms with Crippen molar-refractivity contribution < 1.29 is 28.9 Å². The van der Waals surface area contributed by atoms with Crippen LogP contribution in [0.3, 0.4) is 0 Å². The number of carbonyl (C=O) groups excluding carboxylic acids is 1. The maximum Gasteiger partial charge on any atom is 0.305 e. The highest BCUT2D eigenvalue weighted by Gasteiger charge is 2.20. The molecule has 0 unspecified atom stereocenters. The number of carboxylic acid groups (broad SMARTS) is 1. The Hall–Kier alpha value is -3.22. The number of benzene rings is 2. The lowest BCUT2D eigenvalue weighted by Crippen LogP contribution is -2.30. The Kier molecular flexibility index (Phi) is 7.68. The van der Waals surface area contributed by atoms with Crippen LogP contribution in [0, 0.1) is 0 Å². The smallest absolute Gasteiger partial charge is 0.305 e. The van der Waals surface area contributed by atoms with Gasteiger partial charge < -0.3 is 24.6 Å². The standard InChI is InChI=1S/C21H25NO6/c1-4-9-28-16-7-5-14(6-8-16)19(13-20(23)24)22-21(25)15-10-17(26-2)12-18(11-15)27-3/h5-8,10-12,19H,4,9,13H2,1-3H3,(H,22,25)(H,23,24)/t19-/m0/s1.